The quantitative estimate of drug-likeness (QED) is 0.501. The van der Waals surface area contributed by atoms with E-state index in [4.69, 9.17) is 0 Å². The number of likely N-dealkylation sites (N-methyl/N-ethyl adjacent to an activating group) is 1. The molecule has 19 heavy (non-hydrogen) atoms. The summed E-state index contributed by atoms with van der Waals surface area (Å²) < 4.78 is 27.9. The number of hydrogen-bond acceptors (Lipinski definition) is 4. The van der Waals surface area contributed by atoms with E-state index in [-0.39, 0.29) is 0 Å². The van der Waals surface area contributed by atoms with E-state index in [1.54, 1.807) is 7.05 Å². The summed E-state index contributed by atoms with van der Waals surface area (Å²) in [6.45, 7) is 11.6. The van der Waals surface area contributed by atoms with Gasteiger partial charge in [-0.05, 0) is 32.6 Å². The Bertz CT molecular complexity index is 305. The highest BCUT2D eigenvalue weighted by atomic mass is 32.2. The third-order valence-electron chi connectivity index (χ3n) is 3.09. The predicted octanol–water partition coefficient (Wildman–Crippen LogP) is 0.0940. The van der Waals surface area contributed by atoms with Crippen LogP contribution in [0.5, 0.6) is 0 Å². The van der Waals surface area contributed by atoms with Crippen molar-refractivity contribution in [1.82, 2.24) is 19.2 Å². The Hall–Kier alpha value is -0.210. The third-order valence-corrected chi connectivity index (χ3v) is 4.67. The van der Waals surface area contributed by atoms with Gasteiger partial charge in [0.25, 0.3) is 10.2 Å². The molecule has 0 aliphatic rings. The van der Waals surface area contributed by atoms with E-state index in [0.29, 0.717) is 13.1 Å². The number of nitrogens with zero attached hydrogens (tertiary/aromatic N) is 2. The van der Waals surface area contributed by atoms with Crippen molar-refractivity contribution in [2.24, 2.45) is 0 Å². The summed E-state index contributed by atoms with van der Waals surface area (Å²) in [5, 5.41) is 3.18. The molecule has 6 nitrogen and oxygen atoms in total. The molecule has 0 rings (SSSR count). The lowest BCUT2D eigenvalue weighted by atomic mass is 10.4. The van der Waals surface area contributed by atoms with Gasteiger partial charge in [-0.15, -0.1) is 0 Å². The number of rotatable bonds is 12. The van der Waals surface area contributed by atoms with E-state index in [2.05, 4.69) is 28.8 Å². The maximum Gasteiger partial charge on any atom is 0.279 e. The fraction of sp³-hybridized carbons (Fsp3) is 1.00. The molecule has 0 unspecified atom stereocenters. The molecule has 0 atom stereocenters. The minimum Gasteiger partial charge on any atom is -0.317 e. The molecule has 0 spiro atoms. The summed E-state index contributed by atoms with van der Waals surface area (Å²) >= 11 is 0. The fourth-order valence-corrected chi connectivity index (χ4v) is 2.65. The van der Waals surface area contributed by atoms with Gasteiger partial charge in [0, 0.05) is 26.7 Å². The topological polar surface area (TPSA) is 64.7 Å². The molecule has 0 saturated carbocycles. The summed E-state index contributed by atoms with van der Waals surface area (Å²) in [5.74, 6) is 0. The van der Waals surface area contributed by atoms with Gasteiger partial charge in [-0.3, -0.25) is 0 Å². The lowest BCUT2D eigenvalue weighted by molar-refractivity contribution is 0.307. The molecule has 0 aromatic rings. The monoisotopic (exact) mass is 294 g/mol. The Morgan fingerprint density at radius 2 is 1.63 bits per heavy atom. The van der Waals surface area contributed by atoms with E-state index in [9.17, 15) is 8.42 Å². The normalized spacial score (nSPS) is 12.5. The first kappa shape index (κ1) is 18.8. The summed E-state index contributed by atoms with van der Waals surface area (Å²) in [4.78, 5) is 2.19. The second-order valence-electron chi connectivity index (χ2n) is 4.45. The van der Waals surface area contributed by atoms with Crippen molar-refractivity contribution in [3.05, 3.63) is 0 Å². The molecule has 0 aliphatic carbocycles. The highest BCUT2D eigenvalue weighted by Gasteiger charge is 2.16. The van der Waals surface area contributed by atoms with Crippen molar-refractivity contribution in [2.45, 2.75) is 27.2 Å². The summed E-state index contributed by atoms with van der Waals surface area (Å²) in [7, 11) is -1.71. The molecule has 0 bridgehead atoms. The van der Waals surface area contributed by atoms with Crippen molar-refractivity contribution in [2.75, 3.05) is 52.9 Å². The van der Waals surface area contributed by atoms with Crippen LogP contribution in [0.3, 0.4) is 0 Å². The molecule has 0 saturated heterocycles. The molecule has 0 fully saturated rings. The highest BCUT2D eigenvalue weighted by molar-refractivity contribution is 7.87. The Morgan fingerprint density at radius 3 is 2.16 bits per heavy atom. The van der Waals surface area contributed by atoms with Crippen LogP contribution in [-0.4, -0.2) is 70.5 Å². The summed E-state index contributed by atoms with van der Waals surface area (Å²) in [5.41, 5.74) is 0. The zero-order valence-electron chi connectivity index (χ0n) is 12.8. The molecule has 0 aromatic carbocycles. The van der Waals surface area contributed by atoms with E-state index >= 15 is 0 Å². The molecular formula is C12H30N4O2S. The Labute approximate surface area is 118 Å². The predicted molar refractivity (Wildman–Crippen MR) is 80.5 cm³/mol. The standard InChI is InChI=1S/C12H30N4O2S/c1-5-13-9-8-11-15(4)19(17,18)14-10-12-16(6-2)7-3/h13-14H,5-12H2,1-4H3. The maximum atomic E-state index is 11.9. The van der Waals surface area contributed by atoms with Crippen LogP contribution in [-0.2, 0) is 10.2 Å². The first-order chi connectivity index (χ1) is 8.97. The largest absolute Gasteiger partial charge is 0.317 e. The molecule has 7 heteroatoms. The average molecular weight is 294 g/mol. The lowest BCUT2D eigenvalue weighted by Crippen LogP contribution is -2.42. The van der Waals surface area contributed by atoms with E-state index < -0.39 is 10.2 Å². The molecule has 0 aliphatic heterocycles. The van der Waals surface area contributed by atoms with Gasteiger partial charge in [0.05, 0.1) is 0 Å². The smallest absolute Gasteiger partial charge is 0.279 e. The van der Waals surface area contributed by atoms with Crippen LogP contribution in [0.2, 0.25) is 0 Å². The van der Waals surface area contributed by atoms with Crippen molar-refractivity contribution in [3.8, 4) is 0 Å². The SMILES string of the molecule is CCNCCCN(C)S(=O)(=O)NCCN(CC)CC. The summed E-state index contributed by atoms with van der Waals surface area (Å²) in [6.07, 6.45) is 0.821. The van der Waals surface area contributed by atoms with Gasteiger partial charge in [-0.2, -0.15) is 12.7 Å². The van der Waals surface area contributed by atoms with Gasteiger partial charge < -0.3 is 10.2 Å². The zero-order valence-corrected chi connectivity index (χ0v) is 13.6. The molecule has 2 N–H and O–H groups in total. The van der Waals surface area contributed by atoms with E-state index in [1.165, 1.54) is 4.31 Å². The zero-order chi connectivity index (χ0) is 14.7. The molecule has 0 heterocycles. The second kappa shape index (κ2) is 10.6. The highest BCUT2D eigenvalue weighted by Crippen LogP contribution is 1.95. The molecule has 0 amide bonds. The summed E-state index contributed by atoms with van der Waals surface area (Å²) in [6, 6.07) is 0. The Kier molecular flexibility index (Phi) is 10.4. The minimum absolute atomic E-state index is 0.460. The lowest BCUT2D eigenvalue weighted by Gasteiger charge is -2.21. The minimum atomic E-state index is -3.33. The number of hydrogen-bond donors (Lipinski definition) is 2. The van der Waals surface area contributed by atoms with Gasteiger partial charge in [0.15, 0.2) is 0 Å². The van der Waals surface area contributed by atoms with Gasteiger partial charge in [0.1, 0.15) is 0 Å². The molecule has 0 radical (unpaired) electrons. The molecular weight excluding hydrogens is 264 g/mol. The first-order valence-corrected chi connectivity index (χ1v) is 8.55. The van der Waals surface area contributed by atoms with Crippen LogP contribution < -0.4 is 10.0 Å². The average Bonchev–Trinajstić information content (AvgIpc) is 2.39. The Balaban J connectivity index is 3.95. The Morgan fingerprint density at radius 1 is 1.00 bits per heavy atom. The number of nitrogens with one attached hydrogen (secondary N) is 2. The molecule has 116 valence electrons. The van der Waals surface area contributed by atoms with Crippen molar-refractivity contribution in [3.63, 3.8) is 0 Å². The van der Waals surface area contributed by atoms with Gasteiger partial charge in [0.2, 0.25) is 0 Å². The van der Waals surface area contributed by atoms with Crippen LogP contribution in [0.25, 0.3) is 0 Å². The van der Waals surface area contributed by atoms with Crippen molar-refractivity contribution >= 4 is 10.2 Å². The second-order valence-corrected chi connectivity index (χ2v) is 6.32. The van der Waals surface area contributed by atoms with Gasteiger partial charge in [-0.25, -0.2) is 4.72 Å². The van der Waals surface area contributed by atoms with E-state index in [1.807, 2.05) is 6.92 Å². The first-order valence-electron chi connectivity index (χ1n) is 7.11. The van der Waals surface area contributed by atoms with E-state index in [0.717, 1.165) is 39.1 Å². The van der Waals surface area contributed by atoms with Crippen LogP contribution in [0.15, 0.2) is 0 Å². The van der Waals surface area contributed by atoms with Crippen molar-refractivity contribution in [1.29, 1.82) is 0 Å². The van der Waals surface area contributed by atoms with Crippen LogP contribution in [0.4, 0.5) is 0 Å². The third kappa shape index (κ3) is 8.54. The van der Waals surface area contributed by atoms with Crippen LogP contribution in [0.1, 0.15) is 27.2 Å². The van der Waals surface area contributed by atoms with Crippen LogP contribution in [0, 0.1) is 0 Å². The van der Waals surface area contributed by atoms with Gasteiger partial charge in [-0.1, -0.05) is 20.8 Å². The van der Waals surface area contributed by atoms with Gasteiger partial charge >= 0.3 is 0 Å². The maximum absolute atomic E-state index is 11.9. The molecule has 0 aromatic heterocycles. The van der Waals surface area contributed by atoms with Crippen LogP contribution >= 0.6 is 0 Å². The fourth-order valence-electron chi connectivity index (χ4n) is 1.71. The van der Waals surface area contributed by atoms with Crippen molar-refractivity contribution < 1.29 is 8.42 Å².